The standard InChI is InChI=1S/C18H25NO5S2/c1-3-19(14-8-9-26(22,23)11-14)17(20)12(2)24-18(21)16-10-13-6-4-5-7-15(13)25-16/h10,12,14H,3-9,11H2,1-2H3/t12-,14+/m0/s1. The summed E-state index contributed by atoms with van der Waals surface area (Å²) in [5.74, 6) is -0.703. The first-order chi connectivity index (χ1) is 12.3. The van der Waals surface area contributed by atoms with Gasteiger partial charge in [-0.3, -0.25) is 4.79 Å². The van der Waals surface area contributed by atoms with Crippen LogP contribution in [0.1, 0.15) is 53.2 Å². The van der Waals surface area contributed by atoms with Gasteiger partial charge in [0.1, 0.15) is 4.88 Å². The third-order valence-corrected chi connectivity index (χ3v) is 8.07. The minimum Gasteiger partial charge on any atom is -0.448 e. The first kappa shape index (κ1) is 19.4. The summed E-state index contributed by atoms with van der Waals surface area (Å²) in [4.78, 5) is 28.4. The molecule has 0 radical (unpaired) electrons. The number of nitrogens with zero attached hydrogens (tertiary/aromatic N) is 1. The second kappa shape index (κ2) is 7.68. The predicted octanol–water partition coefficient (Wildman–Crippen LogP) is 2.21. The van der Waals surface area contributed by atoms with Crippen LogP contribution < -0.4 is 0 Å². The highest BCUT2D eigenvalue weighted by atomic mass is 32.2. The van der Waals surface area contributed by atoms with Crippen molar-refractivity contribution in [3.05, 3.63) is 21.4 Å². The number of hydrogen-bond acceptors (Lipinski definition) is 6. The molecule has 2 aliphatic rings. The minimum atomic E-state index is -3.08. The lowest BCUT2D eigenvalue weighted by Crippen LogP contribution is -2.46. The number of carbonyl (C=O) groups is 2. The fourth-order valence-electron chi connectivity index (χ4n) is 3.71. The summed E-state index contributed by atoms with van der Waals surface area (Å²) < 4.78 is 28.8. The molecule has 0 N–H and O–H groups in total. The second-order valence-corrected chi connectivity index (χ2v) is 10.4. The minimum absolute atomic E-state index is 0.00904. The molecule has 0 unspecified atom stereocenters. The highest BCUT2D eigenvalue weighted by Gasteiger charge is 2.36. The summed E-state index contributed by atoms with van der Waals surface area (Å²) in [6.45, 7) is 3.76. The molecule has 1 saturated heterocycles. The van der Waals surface area contributed by atoms with Crippen LogP contribution >= 0.6 is 11.3 Å². The molecular weight excluding hydrogens is 374 g/mol. The van der Waals surface area contributed by atoms with Crippen molar-refractivity contribution in [2.24, 2.45) is 0 Å². The first-order valence-electron chi connectivity index (χ1n) is 9.14. The molecule has 1 fully saturated rings. The van der Waals surface area contributed by atoms with Crippen LogP contribution in [-0.4, -0.2) is 55.4 Å². The van der Waals surface area contributed by atoms with Gasteiger partial charge in [0.25, 0.3) is 5.91 Å². The maximum absolute atomic E-state index is 12.7. The van der Waals surface area contributed by atoms with Crippen molar-refractivity contribution in [2.45, 2.75) is 58.1 Å². The molecule has 1 aliphatic carbocycles. The SMILES string of the molecule is CCN(C(=O)[C@H](C)OC(=O)c1cc2c(s1)CCCC2)[C@@H]1CCS(=O)(=O)C1. The summed E-state index contributed by atoms with van der Waals surface area (Å²) >= 11 is 1.46. The molecule has 8 heteroatoms. The first-order valence-corrected chi connectivity index (χ1v) is 11.8. The zero-order chi connectivity index (χ0) is 18.9. The highest BCUT2D eigenvalue weighted by molar-refractivity contribution is 7.91. The van der Waals surface area contributed by atoms with Crippen LogP contribution in [0.4, 0.5) is 0 Å². The van der Waals surface area contributed by atoms with E-state index >= 15 is 0 Å². The number of thiophene rings is 1. The monoisotopic (exact) mass is 399 g/mol. The summed E-state index contributed by atoms with van der Waals surface area (Å²) in [5, 5.41) is 0. The van der Waals surface area contributed by atoms with Gasteiger partial charge in [-0.2, -0.15) is 0 Å². The number of hydrogen-bond donors (Lipinski definition) is 0. The molecule has 0 saturated carbocycles. The molecule has 0 bridgehead atoms. The largest absolute Gasteiger partial charge is 0.448 e. The fraction of sp³-hybridized carbons (Fsp3) is 0.667. The fourth-order valence-corrected chi connectivity index (χ4v) is 6.58. The Morgan fingerprint density at radius 2 is 2.08 bits per heavy atom. The van der Waals surface area contributed by atoms with Gasteiger partial charge in [-0.05, 0) is 57.6 Å². The number of carbonyl (C=O) groups excluding carboxylic acids is 2. The van der Waals surface area contributed by atoms with Gasteiger partial charge >= 0.3 is 5.97 Å². The van der Waals surface area contributed by atoms with Crippen molar-refractivity contribution in [3.63, 3.8) is 0 Å². The predicted molar refractivity (Wildman–Crippen MR) is 100 cm³/mol. The second-order valence-electron chi connectivity index (χ2n) is 6.99. The van der Waals surface area contributed by atoms with Gasteiger partial charge in [-0.1, -0.05) is 0 Å². The Morgan fingerprint density at radius 3 is 2.69 bits per heavy atom. The molecule has 3 rings (SSSR count). The average molecular weight is 400 g/mol. The van der Waals surface area contributed by atoms with Crippen molar-refractivity contribution in [2.75, 3.05) is 18.1 Å². The van der Waals surface area contributed by atoms with E-state index in [0.717, 1.165) is 25.7 Å². The van der Waals surface area contributed by atoms with Gasteiger partial charge in [0.15, 0.2) is 15.9 Å². The maximum atomic E-state index is 12.7. The lowest BCUT2D eigenvalue weighted by molar-refractivity contribution is -0.141. The van der Waals surface area contributed by atoms with Crippen molar-refractivity contribution in [1.29, 1.82) is 0 Å². The average Bonchev–Trinajstić information content (AvgIpc) is 3.18. The van der Waals surface area contributed by atoms with E-state index in [9.17, 15) is 18.0 Å². The lowest BCUT2D eigenvalue weighted by atomic mass is 9.99. The molecule has 1 aromatic heterocycles. The van der Waals surface area contributed by atoms with E-state index in [-0.39, 0.29) is 23.5 Å². The van der Waals surface area contributed by atoms with E-state index in [1.807, 2.05) is 13.0 Å². The molecule has 0 aromatic carbocycles. The number of esters is 1. The summed E-state index contributed by atoms with van der Waals surface area (Å²) in [6, 6.07) is 1.56. The molecule has 0 spiro atoms. The topological polar surface area (TPSA) is 80.8 Å². The molecule has 1 aromatic rings. The van der Waals surface area contributed by atoms with E-state index in [2.05, 4.69) is 0 Å². The number of aryl methyl sites for hydroxylation is 2. The Labute approximate surface area is 158 Å². The third kappa shape index (κ3) is 4.11. The Bertz CT molecular complexity index is 775. The Hall–Kier alpha value is -1.41. The van der Waals surface area contributed by atoms with Crippen LogP contribution in [0.5, 0.6) is 0 Å². The van der Waals surface area contributed by atoms with E-state index in [1.54, 1.807) is 6.92 Å². The summed E-state index contributed by atoms with van der Waals surface area (Å²) in [5.41, 5.74) is 1.22. The normalized spacial score (nSPS) is 22.5. The zero-order valence-corrected chi connectivity index (χ0v) is 16.8. The zero-order valence-electron chi connectivity index (χ0n) is 15.2. The van der Waals surface area contributed by atoms with Crippen LogP contribution in [-0.2, 0) is 32.2 Å². The number of likely N-dealkylation sites (N-methyl/N-ethyl adjacent to an activating group) is 1. The van der Waals surface area contributed by atoms with Crippen LogP contribution in [0.15, 0.2) is 6.07 Å². The van der Waals surface area contributed by atoms with Gasteiger partial charge in [0.05, 0.1) is 11.5 Å². The van der Waals surface area contributed by atoms with Gasteiger partial charge in [-0.15, -0.1) is 11.3 Å². The maximum Gasteiger partial charge on any atom is 0.349 e. The molecular formula is C18H25NO5S2. The van der Waals surface area contributed by atoms with E-state index in [4.69, 9.17) is 4.74 Å². The Kier molecular flexibility index (Phi) is 5.72. The van der Waals surface area contributed by atoms with Crippen molar-refractivity contribution in [1.82, 2.24) is 4.90 Å². The Morgan fingerprint density at radius 1 is 1.35 bits per heavy atom. The molecule has 2 heterocycles. The molecule has 1 amide bonds. The van der Waals surface area contributed by atoms with E-state index in [1.165, 1.54) is 26.7 Å². The van der Waals surface area contributed by atoms with Gasteiger partial charge < -0.3 is 9.64 Å². The van der Waals surface area contributed by atoms with Crippen LogP contribution in [0, 0.1) is 0 Å². The Balaban J connectivity index is 1.64. The van der Waals surface area contributed by atoms with Crippen LogP contribution in [0.3, 0.4) is 0 Å². The molecule has 2 atom stereocenters. The van der Waals surface area contributed by atoms with Gasteiger partial charge in [0, 0.05) is 17.5 Å². The number of ether oxygens (including phenoxy) is 1. The van der Waals surface area contributed by atoms with Crippen molar-refractivity contribution >= 4 is 33.1 Å². The summed E-state index contributed by atoms with van der Waals surface area (Å²) in [7, 11) is -3.08. The lowest BCUT2D eigenvalue weighted by Gasteiger charge is -2.29. The molecule has 26 heavy (non-hydrogen) atoms. The quantitative estimate of drug-likeness (QED) is 0.709. The van der Waals surface area contributed by atoms with Crippen LogP contribution in [0.2, 0.25) is 0 Å². The van der Waals surface area contributed by atoms with Crippen LogP contribution in [0.25, 0.3) is 0 Å². The van der Waals surface area contributed by atoms with E-state index in [0.29, 0.717) is 17.8 Å². The number of fused-ring (bicyclic) bond motifs is 1. The van der Waals surface area contributed by atoms with Crippen molar-refractivity contribution in [3.8, 4) is 0 Å². The smallest absolute Gasteiger partial charge is 0.349 e. The van der Waals surface area contributed by atoms with Gasteiger partial charge in [-0.25, -0.2) is 13.2 Å². The highest BCUT2D eigenvalue weighted by Crippen LogP contribution is 2.30. The number of rotatable bonds is 5. The third-order valence-electron chi connectivity index (χ3n) is 5.10. The molecule has 1 aliphatic heterocycles. The molecule has 144 valence electrons. The number of sulfone groups is 1. The molecule has 6 nitrogen and oxygen atoms in total. The summed E-state index contributed by atoms with van der Waals surface area (Å²) in [6.07, 6.45) is 3.80. The van der Waals surface area contributed by atoms with E-state index < -0.39 is 21.9 Å². The van der Waals surface area contributed by atoms with Gasteiger partial charge in [0.2, 0.25) is 0 Å². The number of amides is 1. The van der Waals surface area contributed by atoms with Crippen molar-refractivity contribution < 1.29 is 22.7 Å².